The van der Waals surface area contributed by atoms with E-state index in [0.29, 0.717) is 6.54 Å². The highest BCUT2D eigenvalue weighted by molar-refractivity contribution is 5.86. The van der Waals surface area contributed by atoms with E-state index in [1.54, 1.807) is 23.4 Å². The number of nitrogens with zero attached hydrogens (tertiary/aromatic N) is 5. The van der Waals surface area contributed by atoms with E-state index in [9.17, 15) is 0 Å². The number of aryl methyl sites for hydroxylation is 1. The molecule has 4 rings (SSSR count). The largest absolute Gasteiger partial charge is 0.365 e. The lowest BCUT2D eigenvalue weighted by Gasteiger charge is -2.09. The summed E-state index contributed by atoms with van der Waals surface area (Å²) >= 11 is 0. The van der Waals surface area contributed by atoms with Crippen LogP contribution in [0.2, 0.25) is 0 Å². The Morgan fingerprint density at radius 2 is 1.88 bits per heavy atom. The Labute approximate surface area is 139 Å². The lowest BCUT2D eigenvalue weighted by molar-refractivity contribution is 0.861. The highest BCUT2D eigenvalue weighted by Gasteiger charge is 2.11. The second kappa shape index (κ2) is 6.08. The first-order valence-corrected chi connectivity index (χ1v) is 7.71. The summed E-state index contributed by atoms with van der Waals surface area (Å²) in [7, 11) is 0. The number of fused-ring (bicyclic) bond motifs is 1. The molecule has 0 unspecified atom stereocenters. The topological polar surface area (TPSA) is 68.5 Å². The highest BCUT2D eigenvalue weighted by Crippen LogP contribution is 2.21. The molecule has 0 saturated heterocycles. The van der Waals surface area contributed by atoms with Crippen molar-refractivity contribution < 1.29 is 0 Å². The molecule has 0 aliphatic rings. The fraction of sp³-hybridized carbons (Fsp3) is 0.111. The first kappa shape index (κ1) is 14.3. The van der Waals surface area contributed by atoms with Crippen LogP contribution in [0.3, 0.4) is 0 Å². The van der Waals surface area contributed by atoms with E-state index in [1.165, 1.54) is 11.1 Å². The summed E-state index contributed by atoms with van der Waals surface area (Å²) in [6.45, 7) is 2.80. The van der Waals surface area contributed by atoms with Crippen LogP contribution in [0.5, 0.6) is 0 Å². The molecule has 0 amide bonds. The summed E-state index contributed by atoms with van der Waals surface area (Å²) in [5, 5.41) is 8.67. The molecule has 0 saturated carbocycles. The first-order valence-electron chi connectivity index (χ1n) is 7.71. The number of benzene rings is 1. The van der Waals surface area contributed by atoms with Gasteiger partial charge >= 0.3 is 0 Å². The van der Waals surface area contributed by atoms with Gasteiger partial charge in [0.15, 0.2) is 11.5 Å². The molecule has 118 valence electrons. The molecule has 6 heteroatoms. The molecule has 0 aliphatic carbocycles. The fourth-order valence-electron chi connectivity index (χ4n) is 2.62. The van der Waals surface area contributed by atoms with Gasteiger partial charge in [0.2, 0.25) is 0 Å². The zero-order valence-corrected chi connectivity index (χ0v) is 13.2. The van der Waals surface area contributed by atoms with Crippen molar-refractivity contribution >= 4 is 16.9 Å². The fourth-order valence-corrected chi connectivity index (χ4v) is 2.62. The van der Waals surface area contributed by atoms with Crippen LogP contribution in [0.1, 0.15) is 11.1 Å². The van der Waals surface area contributed by atoms with Crippen LogP contribution < -0.4 is 5.32 Å². The first-order chi connectivity index (χ1) is 11.8. The molecule has 6 nitrogen and oxygen atoms in total. The SMILES string of the molecule is Cc1ccccc1CNc1ncnc2c1cnn2-c1ccccn1. The van der Waals surface area contributed by atoms with Crippen LogP contribution in [-0.2, 0) is 6.54 Å². The van der Waals surface area contributed by atoms with E-state index in [2.05, 4.69) is 44.4 Å². The Bertz CT molecular complexity index is 977. The molecule has 0 bridgehead atoms. The normalized spacial score (nSPS) is 10.9. The lowest BCUT2D eigenvalue weighted by Crippen LogP contribution is -2.04. The number of nitrogens with one attached hydrogen (secondary N) is 1. The van der Waals surface area contributed by atoms with Crippen molar-refractivity contribution in [2.75, 3.05) is 5.32 Å². The lowest BCUT2D eigenvalue weighted by atomic mass is 10.1. The quantitative estimate of drug-likeness (QED) is 0.626. The summed E-state index contributed by atoms with van der Waals surface area (Å²) in [5.74, 6) is 1.50. The monoisotopic (exact) mass is 316 g/mol. The number of hydrogen-bond donors (Lipinski definition) is 1. The van der Waals surface area contributed by atoms with Gasteiger partial charge in [-0.15, -0.1) is 0 Å². The maximum atomic E-state index is 4.41. The average Bonchev–Trinajstić information content (AvgIpc) is 3.06. The maximum Gasteiger partial charge on any atom is 0.170 e. The predicted molar refractivity (Wildman–Crippen MR) is 93.0 cm³/mol. The average molecular weight is 316 g/mol. The van der Waals surface area contributed by atoms with Crippen molar-refractivity contribution in [2.24, 2.45) is 0 Å². The van der Waals surface area contributed by atoms with Crippen LogP contribution in [0, 0.1) is 6.92 Å². The van der Waals surface area contributed by atoms with E-state index in [0.717, 1.165) is 22.7 Å². The second-order valence-electron chi connectivity index (χ2n) is 5.48. The van der Waals surface area contributed by atoms with Crippen LogP contribution >= 0.6 is 0 Å². The van der Waals surface area contributed by atoms with Crippen LogP contribution in [-0.4, -0.2) is 24.7 Å². The summed E-state index contributed by atoms with van der Waals surface area (Å²) in [6.07, 6.45) is 5.05. The summed E-state index contributed by atoms with van der Waals surface area (Å²) in [5.41, 5.74) is 3.22. The third kappa shape index (κ3) is 2.58. The number of hydrogen-bond acceptors (Lipinski definition) is 5. The zero-order chi connectivity index (χ0) is 16.4. The Hall–Kier alpha value is -3.28. The van der Waals surface area contributed by atoms with Gasteiger partial charge < -0.3 is 5.32 Å². The predicted octanol–water partition coefficient (Wildman–Crippen LogP) is 3.13. The van der Waals surface area contributed by atoms with E-state index < -0.39 is 0 Å². The molecule has 24 heavy (non-hydrogen) atoms. The van der Waals surface area contributed by atoms with Crippen molar-refractivity contribution in [3.8, 4) is 5.82 Å². The van der Waals surface area contributed by atoms with Crippen molar-refractivity contribution in [1.82, 2.24) is 24.7 Å². The Kier molecular flexibility index (Phi) is 3.63. The maximum absolute atomic E-state index is 4.41. The van der Waals surface area contributed by atoms with Gasteiger partial charge in [0, 0.05) is 12.7 Å². The Morgan fingerprint density at radius 1 is 1.00 bits per heavy atom. The van der Waals surface area contributed by atoms with Gasteiger partial charge in [0.25, 0.3) is 0 Å². The van der Waals surface area contributed by atoms with E-state index in [1.807, 2.05) is 30.3 Å². The standard InChI is InChI=1S/C18H16N6/c1-13-6-2-3-7-14(13)10-20-17-15-11-23-24(18(15)22-12-21-17)16-8-4-5-9-19-16/h2-9,11-12H,10H2,1H3,(H,20,21,22). The molecule has 3 heterocycles. The summed E-state index contributed by atoms with van der Waals surface area (Å²) < 4.78 is 1.72. The molecule has 1 aromatic carbocycles. The molecular formula is C18H16N6. The molecule has 0 aliphatic heterocycles. The highest BCUT2D eigenvalue weighted by atomic mass is 15.3. The number of pyridine rings is 1. The smallest absolute Gasteiger partial charge is 0.170 e. The van der Waals surface area contributed by atoms with Gasteiger partial charge in [-0.1, -0.05) is 30.3 Å². The van der Waals surface area contributed by atoms with Gasteiger partial charge in [0.05, 0.1) is 11.6 Å². The number of anilines is 1. The third-order valence-corrected chi connectivity index (χ3v) is 3.94. The zero-order valence-electron chi connectivity index (χ0n) is 13.2. The molecule has 0 spiro atoms. The Balaban J connectivity index is 1.68. The second-order valence-corrected chi connectivity index (χ2v) is 5.48. The van der Waals surface area contributed by atoms with Crippen molar-refractivity contribution in [1.29, 1.82) is 0 Å². The van der Waals surface area contributed by atoms with E-state index in [4.69, 9.17) is 0 Å². The van der Waals surface area contributed by atoms with Crippen LogP contribution in [0.15, 0.2) is 61.2 Å². The van der Waals surface area contributed by atoms with Gasteiger partial charge in [-0.25, -0.2) is 15.0 Å². The minimum atomic E-state index is 0.702. The summed E-state index contributed by atoms with van der Waals surface area (Å²) in [4.78, 5) is 13.0. The summed E-state index contributed by atoms with van der Waals surface area (Å²) in [6, 6.07) is 14.0. The molecular weight excluding hydrogens is 300 g/mol. The third-order valence-electron chi connectivity index (χ3n) is 3.94. The molecule has 0 fully saturated rings. The van der Waals surface area contributed by atoms with Crippen molar-refractivity contribution in [3.63, 3.8) is 0 Å². The van der Waals surface area contributed by atoms with Gasteiger partial charge in [-0.2, -0.15) is 9.78 Å². The van der Waals surface area contributed by atoms with Crippen LogP contribution in [0.4, 0.5) is 5.82 Å². The van der Waals surface area contributed by atoms with Gasteiger partial charge in [-0.3, -0.25) is 0 Å². The van der Waals surface area contributed by atoms with Gasteiger partial charge in [0.1, 0.15) is 12.1 Å². The van der Waals surface area contributed by atoms with Crippen LogP contribution in [0.25, 0.3) is 16.9 Å². The van der Waals surface area contributed by atoms with E-state index >= 15 is 0 Å². The number of rotatable bonds is 4. The molecule has 3 aromatic heterocycles. The van der Waals surface area contributed by atoms with E-state index in [-0.39, 0.29) is 0 Å². The molecule has 1 N–H and O–H groups in total. The Morgan fingerprint density at radius 3 is 2.71 bits per heavy atom. The minimum absolute atomic E-state index is 0.702. The molecule has 0 radical (unpaired) electrons. The van der Waals surface area contributed by atoms with Crippen molar-refractivity contribution in [2.45, 2.75) is 13.5 Å². The number of aromatic nitrogens is 5. The van der Waals surface area contributed by atoms with Crippen molar-refractivity contribution in [3.05, 3.63) is 72.3 Å². The van der Waals surface area contributed by atoms with Gasteiger partial charge in [-0.05, 0) is 30.2 Å². The molecule has 0 atom stereocenters. The minimum Gasteiger partial charge on any atom is -0.365 e. The molecule has 4 aromatic rings.